The first-order valence-corrected chi connectivity index (χ1v) is 7.55. The van der Waals surface area contributed by atoms with Gasteiger partial charge in [0.15, 0.2) is 0 Å². The molecule has 0 aliphatic carbocycles. The summed E-state index contributed by atoms with van der Waals surface area (Å²) in [5.74, 6) is -0.148. The molecular weight excluding hydrogens is 282 g/mol. The van der Waals surface area contributed by atoms with E-state index in [4.69, 9.17) is 4.74 Å². The van der Waals surface area contributed by atoms with Crippen LogP contribution < -0.4 is 16.0 Å². The van der Waals surface area contributed by atoms with E-state index >= 15 is 0 Å². The van der Waals surface area contributed by atoms with Crippen molar-refractivity contribution in [3.63, 3.8) is 0 Å². The maximum atomic E-state index is 11.9. The summed E-state index contributed by atoms with van der Waals surface area (Å²) in [4.78, 5) is 23.3. The molecule has 0 saturated carbocycles. The third-order valence-electron chi connectivity index (χ3n) is 2.98. The quantitative estimate of drug-likeness (QED) is 0.571. The lowest BCUT2D eigenvalue weighted by Crippen LogP contribution is -2.30. The second-order valence-corrected chi connectivity index (χ2v) is 4.88. The van der Waals surface area contributed by atoms with Crippen molar-refractivity contribution in [2.24, 2.45) is 0 Å². The number of rotatable bonds is 10. The summed E-state index contributed by atoms with van der Waals surface area (Å²) in [6.07, 6.45) is 1.70. The van der Waals surface area contributed by atoms with Crippen molar-refractivity contribution in [2.75, 3.05) is 38.7 Å². The van der Waals surface area contributed by atoms with Crippen molar-refractivity contribution in [3.05, 3.63) is 29.8 Å². The van der Waals surface area contributed by atoms with Gasteiger partial charge in [0, 0.05) is 38.1 Å². The third kappa shape index (κ3) is 7.08. The van der Waals surface area contributed by atoms with Crippen molar-refractivity contribution < 1.29 is 14.3 Å². The van der Waals surface area contributed by atoms with E-state index in [1.807, 2.05) is 6.92 Å². The third-order valence-corrected chi connectivity index (χ3v) is 2.98. The van der Waals surface area contributed by atoms with Gasteiger partial charge in [-0.2, -0.15) is 0 Å². The standard InChI is InChI=1S/C16H25N3O3/c1-3-9-17-15(20)12-19-14-7-5-13(6-8-14)16(21)18-10-4-11-22-2/h5-8,19H,3-4,9-12H2,1-2H3,(H,17,20)(H,18,21). The van der Waals surface area contributed by atoms with E-state index in [0.29, 0.717) is 25.3 Å². The Hall–Kier alpha value is -2.08. The molecule has 1 aromatic rings. The summed E-state index contributed by atoms with van der Waals surface area (Å²) < 4.78 is 4.92. The maximum Gasteiger partial charge on any atom is 0.251 e. The Kier molecular flexibility index (Phi) is 8.67. The van der Waals surface area contributed by atoms with Gasteiger partial charge in [0.25, 0.3) is 5.91 Å². The Morgan fingerprint density at radius 1 is 1.09 bits per heavy atom. The van der Waals surface area contributed by atoms with E-state index in [-0.39, 0.29) is 18.4 Å². The summed E-state index contributed by atoms with van der Waals surface area (Å²) in [5.41, 5.74) is 1.40. The van der Waals surface area contributed by atoms with E-state index < -0.39 is 0 Å². The summed E-state index contributed by atoms with van der Waals surface area (Å²) in [6, 6.07) is 7.05. The predicted octanol–water partition coefficient (Wildman–Crippen LogP) is 1.39. The van der Waals surface area contributed by atoms with Crippen LogP contribution in [-0.2, 0) is 9.53 Å². The molecule has 1 aromatic carbocycles. The molecule has 0 fully saturated rings. The molecule has 122 valence electrons. The van der Waals surface area contributed by atoms with Gasteiger partial charge in [-0.15, -0.1) is 0 Å². The number of methoxy groups -OCH3 is 1. The molecule has 6 nitrogen and oxygen atoms in total. The van der Waals surface area contributed by atoms with Crippen LogP contribution in [0.15, 0.2) is 24.3 Å². The number of ether oxygens (including phenoxy) is 1. The van der Waals surface area contributed by atoms with Gasteiger partial charge in [-0.1, -0.05) is 6.92 Å². The fourth-order valence-electron chi connectivity index (χ4n) is 1.77. The van der Waals surface area contributed by atoms with E-state index in [1.165, 1.54) is 0 Å². The van der Waals surface area contributed by atoms with Crippen LogP contribution in [0, 0.1) is 0 Å². The molecule has 0 unspecified atom stereocenters. The van der Waals surface area contributed by atoms with Crippen LogP contribution in [0.4, 0.5) is 5.69 Å². The van der Waals surface area contributed by atoms with Gasteiger partial charge in [0.1, 0.15) is 0 Å². The largest absolute Gasteiger partial charge is 0.385 e. The number of hydrogen-bond acceptors (Lipinski definition) is 4. The zero-order valence-corrected chi connectivity index (χ0v) is 13.3. The van der Waals surface area contributed by atoms with Crippen LogP contribution in [0.3, 0.4) is 0 Å². The lowest BCUT2D eigenvalue weighted by atomic mass is 10.2. The fraction of sp³-hybridized carbons (Fsp3) is 0.500. The van der Waals surface area contributed by atoms with Crippen molar-refractivity contribution in [1.29, 1.82) is 0 Å². The topological polar surface area (TPSA) is 79.5 Å². The van der Waals surface area contributed by atoms with E-state index in [0.717, 1.165) is 18.5 Å². The first kappa shape index (κ1) is 18.0. The Morgan fingerprint density at radius 2 is 1.82 bits per heavy atom. The molecule has 0 saturated heterocycles. The minimum absolute atomic E-state index is 0.0400. The molecule has 0 heterocycles. The highest BCUT2D eigenvalue weighted by molar-refractivity contribution is 5.94. The second kappa shape index (κ2) is 10.6. The number of carbonyl (C=O) groups is 2. The number of amides is 2. The number of anilines is 1. The molecule has 0 bridgehead atoms. The van der Waals surface area contributed by atoms with Gasteiger partial charge in [0.2, 0.25) is 5.91 Å². The molecule has 2 amide bonds. The molecule has 22 heavy (non-hydrogen) atoms. The number of hydrogen-bond donors (Lipinski definition) is 3. The zero-order valence-electron chi connectivity index (χ0n) is 13.3. The van der Waals surface area contributed by atoms with Crippen LogP contribution in [0.25, 0.3) is 0 Å². The highest BCUT2D eigenvalue weighted by Crippen LogP contribution is 2.09. The van der Waals surface area contributed by atoms with E-state index in [2.05, 4.69) is 16.0 Å². The van der Waals surface area contributed by atoms with Crippen molar-refractivity contribution in [1.82, 2.24) is 10.6 Å². The van der Waals surface area contributed by atoms with Crippen LogP contribution >= 0.6 is 0 Å². The first-order chi connectivity index (χ1) is 10.7. The zero-order chi connectivity index (χ0) is 16.2. The van der Waals surface area contributed by atoms with Crippen molar-refractivity contribution in [3.8, 4) is 0 Å². The fourth-order valence-corrected chi connectivity index (χ4v) is 1.77. The number of benzene rings is 1. The molecule has 6 heteroatoms. The smallest absolute Gasteiger partial charge is 0.251 e. The summed E-state index contributed by atoms with van der Waals surface area (Å²) in [5, 5.41) is 8.63. The molecule has 0 spiro atoms. The first-order valence-electron chi connectivity index (χ1n) is 7.55. The van der Waals surface area contributed by atoms with Gasteiger partial charge in [0.05, 0.1) is 6.54 Å². The van der Waals surface area contributed by atoms with Crippen molar-refractivity contribution >= 4 is 17.5 Å². The normalized spacial score (nSPS) is 10.1. The Bertz CT molecular complexity index is 460. The highest BCUT2D eigenvalue weighted by Gasteiger charge is 2.05. The van der Waals surface area contributed by atoms with Gasteiger partial charge in [-0.05, 0) is 37.1 Å². The van der Waals surface area contributed by atoms with E-state index in [1.54, 1.807) is 31.4 Å². The van der Waals surface area contributed by atoms with E-state index in [9.17, 15) is 9.59 Å². The predicted molar refractivity (Wildman–Crippen MR) is 87.1 cm³/mol. The van der Waals surface area contributed by atoms with Gasteiger partial charge >= 0.3 is 0 Å². The highest BCUT2D eigenvalue weighted by atomic mass is 16.5. The Morgan fingerprint density at radius 3 is 2.45 bits per heavy atom. The lowest BCUT2D eigenvalue weighted by molar-refractivity contribution is -0.119. The Labute approximate surface area is 131 Å². The average Bonchev–Trinajstić information content (AvgIpc) is 2.55. The molecule has 0 aliphatic rings. The van der Waals surface area contributed by atoms with Crippen LogP contribution in [-0.4, -0.2) is 45.2 Å². The molecule has 0 atom stereocenters. The minimum Gasteiger partial charge on any atom is -0.385 e. The lowest BCUT2D eigenvalue weighted by Gasteiger charge is -2.08. The molecule has 0 aromatic heterocycles. The molecule has 1 rings (SSSR count). The monoisotopic (exact) mass is 307 g/mol. The number of carbonyl (C=O) groups excluding carboxylic acids is 2. The van der Waals surface area contributed by atoms with Crippen LogP contribution in [0.5, 0.6) is 0 Å². The van der Waals surface area contributed by atoms with Crippen LogP contribution in [0.2, 0.25) is 0 Å². The summed E-state index contributed by atoms with van der Waals surface area (Å²) >= 11 is 0. The van der Waals surface area contributed by atoms with Gasteiger partial charge in [-0.25, -0.2) is 0 Å². The molecule has 0 aliphatic heterocycles. The minimum atomic E-state index is -0.108. The summed E-state index contributed by atoms with van der Waals surface area (Å²) in [6.45, 7) is 4.13. The molecule has 0 radical (unpaired) electrons. The second-order valence-electron chi connectivity index (χ2n) is 4.88. The van der Waals surface area contributed by atoms with Gasteiger partial charge < -0.3 is 20.7 Å². The van der Waals surface area contributed by atoms with Gasteiger partial charge in [-0.3, -0.25) is 9.59 Å². The molecule has 3 N–H and O–H groups in total. The SMILES string of the molecule is CCCNC(=O)CNc1ccc(C(=O)NCCCOC)cc1. The summed E-state index contributed by atoms with van der Waals surface area (Å²) in [7, 11) is 1.63. The number of nitrogens with one attached hydrogen (secondary N) is 3. The van der Waals surface area contributed by atoms with Crippen molar-refractivity contribution in [2.45, 2.75) is 19.8 Å². The van der Waals surface area contributed by atoms with Crippen LogP contribution in [0.1, 0.15) is 30.1 Å². The molecular formula is C16H25N3O3. The average molecular weight is 307 g/mol. The maximum absolute atomic E-state index is 11.9. The Balaban J connectivity index is 2.35.